The van der Waals surface area contributed by atoms with Gasteiger partial charge in [0.05, 0.1) is 10.9 Å². The monoisotopic (exact) mass is 408 g/mol. The van der Waals surface area contributed by atoms with Crippen LogP contribution in [0.3, 0.4) is 0 Å². The van der Waals surface area contributed by atoms with E-state index < -0.39 is 10.0 Å². The molecule has 1 aliphatic heterocycles. The molecule has 0 bridgehead atoms. The van der Waals surface area contributed by atoms with Crippen LogP contribution in [-0.4, -0.2) is 8.42 Å². The van der Waals surface area contributed by atoms with E-state index in [0.717, 1.165) is 17.7 Å². The Labute approximate surface area is 168 Å². The van der Waals surface area contributed by atoms with Gasteiger partial charge in [-0.2, -0.15) is 0 Å². The largest absolute Gasteiger partial charge is 0.377 e. The smallest absolute Gasteiger partial charge is 0.238 e. The van der Waals surface area contributed by atoms with Crippen LogP contribution >= 0.6 is 11.3 Å². The number of sulfonamides is 1. The zero-order chi connectivity index (χ0) is 19.3. The first-order chi connectivity index (χ1) is 13.5. The predicted molar refractivity (Wildman–Crippen MR) is 114 cm³/mol. The lowest BCUT2D eigenvalue weighted by Crippen LogP contribution is -2.28. The number of fused-ring (bicyclic) bond motifs is 3. The number of thiophene rings is 1. The lowest BCUT2D eigenvalue weighted by atomic mass is 9.79. The number of hydrogen-bond acceptors (Lipinski definition) is 4. The summed E-state index contributed by atoms with van der Waals surface area (Å²) in [5, 5.41) is 9.00. The Kier molecular flexibility index (Phi) is 4.16. The molecule has 142 valence electrons. The maximum atomic E-state index is 11.8. The molecule has 3 N–H and O–H groups in total. The van der Waals surface area contributed by atoms with E-state index in [1.54, 1.807) is 12.1 Å². The van der Waals surface area contributed by atoms with Crippen LogP contribution in [0.25, 0.3) is 10.4 Å². The van der Waals surface area contributed by atoms with Crippen molar-refractivity contribution in [3.05, 3.63) is 83.3 Å². The Morgan fingerprint density at radius 2 is 1.86 bits per heavy atom. The fourth-order valence-electron chi connectivity index (χ4n) is 4.31. The minimum atomic E-state index is -3.71. The van der Waals surface area contributed by atoms with Gasteiger partial charge in [-0.3, -0.25) is 0 Å². The van der Waals surface area contributed by atoms with Crippen molar-refractivity contribution in [2.75, 3.05) is 5.32 Å². The Hall–Kier alpha value is -2.41. The first-order valence-corrected chi connectivity index (χ1v) is 11.6. The standard InChI is InChI=1S/C22H20N2O2S2/c23-28(25,26)15-9-10-19-18(13-15)16-7-4-8-17(16)22(24-19)21-12-11-20(27-21)14-5-2-1-3-6-14/h1-7,9-13,16-17,22,24H,8H2,(H2,23,25,26). The van der Waals surface area contributed by atoms with E-state index in [0.29, 0.717) is 5.92 Å². The number of rotatable bonds is 3. The summed E-state index contributed by atoms with van der Waals surface area (Å²) in [6.07, 6.45) is 5.38. The van der Waals surface area contributed by atoms with Crippen LogP contribution in [0.4, 0.5) is 5.69 Å². The maximum Gasteiger partial charge on any atom is 0.238 e. The fourth-order valence-corrected chi connectivity index (χ4v) is 6.00. The number of primary sulfonamides is 1. The first-order valence-electron chi connectivity index (χ1n) is 9.26. The van der Waals surface area contributed by atoms with Gasteiger partial charge in [-0.25, -0.2) is 13.6 Å². The van der Waals surface area contributed by atoms with E-state index in [4.69, 9.17) is 5.14 Å². The van der Waals surface area contributed by atoms with Crippen molar-refractivity contribution in [2.24, 2.45) is 11.1 Å². The molecule has 0 amide bonds. The molecule has 5 rings (SSSR count). The van der Waals surface area contributed by atoms with Gasteiger partial charge in [0, 0.05) is 21.4 Å². The van der Waals surface area contributed by atoms with Crippen LogP contribution < -0.4 is 10.5 Å². The molecule has 3 aromatic rings. The Morgan fingerprint density at radius 3 is 2.64 bits per heavy atom. The molecule has 2 aromatic carbocycles. The van der Waals surface area contributed by atoms with Crippen LogP contribution in [0.15, 0.2) is 77.7 Å². The van der Waals surface area contributed by atoms with Gasteiger partial charge in [-0.05, 0) is 53.8 Å². The lowest BCUT2D eigenvalue weighted by Gasteiger charge is -2.37. The van der Waals surface area contributed by atoms with Crippen LogP contribution in [0.5, 0.6) is 0 Å². The van der Waals surface area contributed by atoms with E-state index in [9.17, 15) is 8.42 Å². The van der Waals surface area contributed by atoms with Crippen molar-refractivity contribution >= 4 is 27.0 Å². The summed E-state index contributed by atoms with van der Waals surface area (Å²) in [5.41, 5.74) is 3.23. The summed E-state index contributed by atoms with van der Waals surface area (Å²) in [4.78, 5) is 2.74. The van der Waals surface area contributed by atoms with Gasteiger partial charge in [0.1, 0.15) is 0 Å². The number of hydrogen-bond donors (Lipinski definition) is 2. The van der Waals surface area contributed by atoms with Gasteiger partial charge < -0.3 is 5.32 Å². The minimum absolute atomic E-state index is 0.174. The van der Waals surface area contributed by atoms with Crippen LogP contribution in [0, 0.1) is 5.92 Å². The first kappa shape index (κ1) is 17.7. The molecule has 3 atom stereocenters. The molecule has 28 heavy (non-hydrogen) atoms. The number of allylic oxidation sites excluding steroid dienone is 2. The van der Waals surface area contributed by atoms with Gasteiger partial charge in [-0.1, -0.05) is 42.5 Å². The third-order valence-corrected chi connectivity index (χ3v) is 7.78. The molecule has 0 saturated carbocycles. The predicted octanol–water partition coefficient (Wildman–Crippen LogP) is 4.89. The molecule has 1 aliphatic carbocycles. The van der Waals surface area contributed by atoms with Crippen LogP contribution in [-0.2, 0) is 10.0 Å². The molecule has 0 spiro atoms. The molecular weight excluding hydrogens is 388 g/mol. The second-order valence-corrected chi connectivity index (χ2v) is 10.0. The SMILES string of the molecule is NS(=O)(=O)c1ccc2c(c1)C1C=CCC1C(c1ccc(-c3ccccc3)s1)N2. The number of nitrogens with one attached hydrogen (secondary N) is 1. The van der Waals surface area contributed by atoms with Gasteiger partial charge in [0.15, 0.2) is 0 Å². The number of nitrogens with two attached hydrogens (primary N) is 1. The molecule has 0 saturated heterocycles. The minimum Gasteiger partial charge on any atom is -0.377 e. The zero-order valence-electron chi connectivity index (χ0n) is 15.1. The van der Waals surface area contributed by atoms with E-state index in [1.165, 1.54) is 15.3 Å². The van der Waals surface area contributed by atoms with Crippen molar-refractivity contribution in [3.63, 3.8) is 0 Å². The third-order valence-electron chi connectivity index (χ3n) is 5.65. The average molecular weight is 409 g/mol. The van der Waals surface area contributed by atoms with E-state index in [-0.39, 0.29) is 16.9 Å². The van der Waals surface area contributed by atoms with Gasteiger partial charge in [0.2, 0.25) is 10.0 Å². The molecule has 4 nitrogen and oxygen atoms in total. The van der Waals surface area contributed by atoms with Crippen LogP contribution in [0.1, 0.15) is 28.8 Å². The quantitative estimate of drug-likeness (QED) is 0.606. The average Bonchev–Trinajstić information content (AvgIpc) is 3.37. The van der Waals surface area contributed by atoms with Crippen molar-refractivity contribution < 1.29 is 8.42 Å². The summed E-state index contributed by atoms with van der Waals surface area (Å²) < 4.78 is 23.6. The normalized spacial score (nSPS) is 23.1. The Morgan fingerprint density at radius 1 is 1.04 bits per heavy atom. The zero-order valence-corrected chi connectivity index (χ0v) is 16.7. The van der Waals surface area contributed by atoms with Crippen molar-refractivity contribution in [2.45, 2.75) is 23.3 Å². The molecule has 2 heterocycles. The second-order valence-electron chi connectivity index (χ2n) is 7.34. The fraction of sp³-hybridized carbons (Fsp3) is 0.182. The highest BCUT2D eigenvalue weighted by Crippen LogP contribution is 2.51. The topological polar surface area (TPSA) is 72.2 Å². The summed E-state index contributed by atoms with van der Waals surface area (Å²) in [6.45, 7) is 0. The van der Waals surface area contributed by atoms with Crippen molar-refractivity contribution in [1.29, 1.82) is 0 Å². The lowest BCUT2D eigenvalue weighted by molar-refractivity contribution is 0.429. The van der Waals surface area contributed by atoms with Gasteiger partial charge >= 0.3 is 0 Å². The van der Waals surface area contributed by atoms with Crippen molar-refractivity contribution in [3.8, 4) is 10.4 Å². The Bertz CT molecular complexity index is 1170. The molecule has 6 heteroatoms. The molecule has 0 radical (unpaired) electrons. The van der Waals surface area contributed by atoms with Crippen LogP contribution in [0.2, 0.25) is 0 Å². The Balaban J connectivity index is 1.53. The van der Waals surface area contributed by atoms with Gasteiger partial charge in [0.25, 0.3) is 0 Å². The summed E-state index contributed by atoms with van der Waals surface area (Å²) in [7, 11) is -3.71. The van der Waals surface area contributed by atoms with E-state index in [1.807, 2.05) is 23.5 Å². The second kappa shape index (κ2) is 6.58. The molecule has 0 fully saturated rings. The number of benzene rings is 2. The summed E-state index contributed by atoms with van der Waals surface area (Å²) in [6, 6.07) is 20.2. The molecule has 3 unspecified atom stereocenters. The maximum absolute atomic E-state index is 11.8. The van der Waals surface area contributed by atoms with E-state index >= 15 is 0 Å². The molecule has 1 aromatic heterocycles. The highest BCUT2D eigenvalue weighted by atomic mass is 32.2. The molecular formula is C22H20N2O2S2. The van der Waals surface area contributed by atoms with Gasteiger partial charge in [-0.15, -0.1) is 11.3 Å². The molecule has 2 aliphatic rings. The van der Waals surface area contributed by atoms with E-state index in [2.05, 4.69) is 53.9 Å². The third kappa shape index (κ3) is 2.98. The van der Waals surface area contributed by atoms with Crippen molar-refractivity contribution in [1.82, 2.24) is 0 Å². The highest BCUT2D eigenvalue weighted by molar-refractivity contribution is 7.89. The highest BCUT2D eigenvalue weighted by Gasteiger charge is 2.38. The summed E-state index contributed by atoms with van der Waals surface area (Å²) >= 11 is 1.82. The number of anilines is 1. The summed E-state index contributed by atoms with van der Waals surface area (Å²) in [5.74, 6) is 0.565.